The number of hydrogen-bond donors (Lipinski definition) is 0. The molecular weight excluding hydrogens is 328 g/mol. The van der Waals surface area contributed by atoms with E-state index < -0.39 is 0 Å². The first-order valence-corrected chi connectivity index (χ1v) is 7.71. The number of rotatable bonds is 2. The van der Waals surface area contributed by atoms with Gasteiger partial charge in [0.1, 0.15) is 0 Å². The average Bonchev–Trinajstić information content (AvgIpc) is 2.91. The second-order valence-electron chi connectivity index (χ2n) is 4.13. The van der Waals surface area contributed by atoms with E-state index in [0.29, 0.717) is 0 Å². The molecule has 0 saturated heterocycles. The first-order chi connectivity index (χ1) is 8.74. The van der Waals surface area contributed by atoms with Crippen LogP contribution in [0.25, 0.3) is 10.8 Å². The van der Waals surface area contributed by atoms with Crippen LogP contribution < -0.4 is 0 Å². The van der Waals surface area contributed by atoms with Crippen LogP contribution in [0.4, 0.5) is 0 Å². The van der Waals surface area contributed by atoms with Gasteiger partial charge in [-0.3, -0.25) is 0 Å². The minimum absolute atomic E-state index is 0.0574. The summed E-state index contributed by atoms with van der Waals surface area (Å²) in [7, 11) is 0. The van der Waals surface area contributed by atoms with E-state index >= 15 is 0 Å². The van der Waals surface area contributed by atoms with E-state index in [1.165, 1.54) is 15.6 Å². The minimum atomic E-state index is -0.0574. The Balaban J connectivity index is 2.06. The second kappa shape index (κ2) is 5.04. The zero-order chi connectivity index (χ0) is 12.5. The van der Waals surface area contributed by atoms with E-state index in [2.05, 4.69) is 63.8 Å². The largest absolute Gasteiger partial charge is 0.147 e. The average molecular weight is 338 g/mol. The highest BCUT2D eigenvalue weighted by molar-refractivity contribution is 9.10. The van der Waals surface area contributed by atoms with Crippen molar-refractivity contribution < 1.29 is 0 Å². The zero-order valence-corrected chi connectivity index (χ0v) is 12.6. The number of alkyl halides is 1. The van der Waals surface area contributed by atoms with Gasteiger partial charge in [-0.1, -0.05) is 40.2 Å². The third-order valence-electron chi connectivity index (χ3n) is 2.91. The summed E-state index contributed by atoms with van der Waals surface area (Å²) < 4.78 is 1.10. The Morgan fingerprint density at radius 1 is 1.00 bits per heavy atom. The maximum absolute atomic E-state index is 6.51. The molecule has 18 heavy (non-hydrogen) atoms. The van der Waals surface area contributed by atoms with Crippen molar-refractivity contribution in [2.75, 3.05) is 0 Å². The third kappa shape index (κ3) is 2.33. The topological polar surface area (TPSA) is 0 Å². The molecule has 0 radical (unpaired) electrons. The van der Waals surface area contributed by atoms with Crippen molar-refractivity contribution in [2.45, 2.75) is 5.38 Å². The lowest BCUT2D eigenvalue weighted by Gasteiger charge is -2.09. The summed E-state index contributed by atoms with van der Waals surface area (Å²) in [6.45, 7) is 0. The summed E-state index contributed by atoms with van der Waals surface area (Å²) in [6.07, 6.45) is 0. The minimum Gasteiger partial charge on any atom is -0.147 e. The van der Waals surface area contributed by atoms with E-state index in [1.807, 2.05) is 6.07 Å². The molecule has 0 N–H and O–H groups in total. The van der Waals surface area contributed by atoms with Gasteiger partial charge in [-0.2, -0.15) is 0 Å². The molecule has 0 saturated carbocycles. The first kappa shape index (κ1) is 12.2. The van der Waals surface area contributed by atoms with Crippen LogP contribution in [0, 0.1) is 0 Å². The van der Waals surface area contributed by atoms with Crippen LogP contribution >= 0.6 is 38.9 Å². The van der Waals surface area contributed by atoms with Crippen molar-refractivity contribution in [3.8, 4) is 0 Å². The van der Waals surface area contributed by atoms with E-state index in [9.17, 15) is 0 Å². The maximum atomic E-state index is 6.51. The number of thiophene rings is 1. The molecular formula is C15H10BrClS. The van der Waals surface area contributed by atoms with Crippen LogP contribution in [0.3, 0.4) is 0 Å². The summed E-state index contributed by atoms with van der Waals surface area (Å²) in [5.74, 6) is 0. The molecule has 0 aliphatic rings. The number of benzene rings is 2. The molecule has 0 aliphatic carbocycles. The summed E-state index contributed by atoms with van der Waals surface area (Å²) in [5, 5.41) is 4.45. The highest BCUT2D eigenvalue weighted by Crippen LogP contribution is 2.33. The van der Waals surface area contributed by atoms with Crippen LogP contribution in [-0.4, -0.2) is 0 Å². The van der Waals surface area contributed by atoms with E-state index in [0.717, 1.165) is 10.0 Å². The number of halogens is 2. The highest BCUT2D eigenvalue weighted by atomic mass is 79.9. The summed E-state index contributed by atoms with van der Waals surface area (Å²) in [5.41, 5.74) is 1.15. The van der Waals surface area contributed by atoms with Crippen molar-refractivity contribution in [2.24, 2.45) is 0 Å². The molecule has 0 bridgehead atoms. The summed E-state index contributed by atoms with van der Waals surface area (Å²) >= 11 is 11.7. The Hall–Kier alpha value is -0.830. The monoisotopic (exact) mass is 336 g/mol. The van der Waals surface area contributed by atoms with Crippen LogP contribution in [0.15, 0.2) is 58.4 Å². The van der Waals surface area contributed by atoms with Gasteiger partial charge in [0.25, 0.3) is 0 Å². The van der Waals surface area contributed by atoms with Crippen molar-refractivity contribution in [1.82, 2.24) is 0 Å². The smallest absolute Gasteiger partial charge is 0.0927 e. The molecule has 0 fully saturated rings. The number of fused-ring (bicyclic) bond motifs is 1. The van der Waals surface area contributed by atoms with Crippen molar-refractivity contribution in [1.29, 1.82) is 0 Å². The number of hydrogen-bond acceptors (Lipinski definition) is 1. The molecule has 0 nitrogen and oxygen atoms in total. The van der Waals surface area contributed by atoms with E-state index in [4.69, 9.17) is 11.6 Å². The standard InChI is InChI=1S/C15H10BrClS/c16-13-6-5-10-8-12(4-3-11(10)9-13)15(17)14-2-1-7-18-14/h1-9,15H. The van der Waals surface area contributed by atoms with Gasteiger partial charge < -0.3 is 0 Å². The Kier molecular flexibility index (Phi) is 3.42. The molecule has 0 spiro atoms. The lowest BCUT2D eigenvalue weighted by Crippen LogP contribution is -1.89. The quantitative estimate of drug-likeness (QED) is 0.504. The Morgan fingerprint density at radius 2 is 1.78 bits per heavy atom. The van der Waals surface area contributed by atoms with Crippen molar-refractivity contribution in [3.05, 3.63) is 68.8 Å². The van der Waals surface area contributed by atoms with E-state index in [1.54, 1.807) is 11.3 Å². The predicted molar refractivity (Wildman–Crippen MR) is 83.7 cm³/mol. The van der Waals surface area contributed by atoms with Gasteiger partial charge in [-0.05, 0) is 46.0 Å². The molecule has 3 rings (SSSR count). The Bertz CT molecular complexity index is 676. The molecule has 1 unspecified atom stereocenters. The first-order valence-electron chi connectivity index (χ1n) is 5.61. The van der Waals surface area contributed by atoms with Crippen LogP contribution in [0.1, 0.15) is 15.8 Å². The maximum Gasteiger partial charge on any atom is 0.0927 e. The molecule has 1 atom stereocenters. The van der Waals surface area contributed by atoms with Crippen molar-refractivity contribution in [3.63, 3.8) is 0 Å². The van der Waals surface area contributed by atoms with Gasteiger partial charge >= 0.3 is 0 Å². The van der Waals surface area contributed by atoms with Crippen LogP contribution in [0.5, 0.6) is 0 Å². The van der Waals surface area contributed by atoms with Gasteiger partial charge in [0.15, 0.2) is 0 Å². The zero-order valence-electron chi connectivity index (χ0n) is 9.44. The fraction of sp³-hybridized carbons (Fsp3) is 0.0667. The predicted octanol–water partition coefficient (Wildman–Crippen LogP) is 5.99. The van der Waals surface area contributed by atoms with Gasteiger partial charge in [-0.15, -0.1) is 22.9 Å². The van der Waals surface area contributed by atoms with Gasteiger partial charge in [0.05, 0.1) is 5.38 Å². The van der Waals surface area contributed by atoms with Crippen LogP contribution in [-0.2, 0) is 0 Å². The highest BCUT2D eigenvalue weighted by Gasteiger charge is 2.11. The van der Waals surface area contributed by atoms with Gasteiger partial charge in [0.2, 0.25) is 0 Å². The molecule has 1 heterocycles. The molecule has 1 aromatic heterocycles. The lowest BCUT2D eigenvalue weighted by molar-refractivity contribution is 1.19. The fourth-order valence-corrected chi connectivity index (χ4v) is 3.46. The van der Waals surface area contributed by atoms with Gasteiger partial charge in [0, 0.05) is 9.35 Å². The van der Waals surface area contributed by atoms with Gasteiger partial charge in [-0.25, -0.2) is 0 Å². The van der Waals surface area contributed by atoms with Crippen LogP contribution in [0.2, 0.25) is 0 Å². The molecule has 90 valence electrons. The third-order valence-corrected chi connectivity index (χ3v) is 4.96. The normalized spacial score (nSPS) is 12.8. The second-order valence-corrected chi connectivity index (χ2v) is 6.46. The molecule has 3 aromatic rings. The summed E-state index contributed by atoms with van der Waals surface area (Å²) in [6, 6.07) is 16.8. The Morgan fingerprint density at radius 3 is 2.56 bits per heavy atom. The molecule has 0 aliphatic heterocycles. The molecule has 0 amide bonds. The van der Waals surface area contributed by atoms with Crippen molar-refractivity contribution >= 4 is 49.6 Å². The SMILES string of the molecule is ClC(c1ccc2cc(Br)ccc2c1)c1cccs1. The summed E-state index contributed by atoms with van der Waals surface area (Å²) in [4.78, 5) is 1.19. The fourth-order valence-electron chi connectivity index (χ4n) is 1.99. The van der Waals surface area contributed by atoms with E-state index in [-0.39, 0.29) is 5.38 Å². The lowest BCUT2D eigenvalue weighted by atomic mass is 10.0. The molecule has 3 heteroatoms. The Labute approximate surface area is 123 Å². The molecule has 2 aromatic carbocycles.